The number of benzene rings is 1. The highest BCUT2D eigenvalue weighted by atomic mass is 35.5. The Balaban J connectivity index is 0.00000324. The van der Waals surface area contributed by atoms with Crippen LogP contribution in [-0.2, 0) is 16.0 Å². The zero-order chi connectivity index (χ0) is 13.2. The Morgan fingerprint density at radius 3 is 2.63 bits per heavy atom. The molecular formula is C14H23ClN2O2. The number of rotatable bonds is 8. The molecule has 1 amide bonds. The molecule has 0 fully saturated rings. The van der Waals surface area contributed by atoms with Gasteiger partial charge in [-0.15, -0.1) is 12.4 Å². The van der Waals surface area contributed by atoms with E-state index >= 15 is 0 Å². The summed E-state index contributed by atoms with van der Waals surface area (Å²) >= 11 is 0. The first-order valence-corrected chi connectivity index (χ1v) is 6.35. The molecule has 1 aromatic rings. The minimum atomic E-state index is -0.441. The number of hydrogen-bond donors (Lipinski definition) is 2. The second-order valence-electron chi connectivity index (χ2n) is 4.28. The minimum absolute atomic E-state index is 0. The summed E-state index contributed by atoms with van der Waals surface area (Å²) in [5.74, 6) is -0.112. The Bertz CT molecular complexity index is 345. The first-order valence-electron chi connectivity index (χ1n) is 6.35. The van der Waals surface area contributed by atoms with E-state index < -0.39 is 6.04 Å². The molecular weight excluding hydrogens is 264 g/mol. The molecule has 1 atom stereocenters. The molecule has 3 N–H and O–H groups in total. The number of hydrogen-bond acceptors (Lipinski definition) is 3. The van der Waals surface area contributed by atoms with Gasteiger partial charge in [0, 0.05) is 13.2 Å². The van der Waals surface area contributed by atoms with Crippen molar-refractivity contribution in [1.29, 1.82) is 0 Å². The van der Waals surface area contributed by atoms with Gasteiger partial charge in [-0.1, -0.05) is 30.3 Å². The van der Waals surface area contributed by atoms with Crippen LogP contribution < -0.4 is 11.1 Å². The molecule has 0 bridgehead atoms. The van der Waals surface area contributed by atoms with Gasteiger partial charge in [-0.05, 0) is 25.3 Å². The van der Waals surface area contributed by atoms with Crippen molar-refractivity contribution >= 4 is 18.3 Å². The molecule has 4 nitrogen and oxygen atoms in total. The fourth-order valence-electron chi connectivity index (χ4n) is 1.48. The molecule has 1 aromatic carbocycles. The van der Waals surface area contributed by atoms with Gasteiger partial charge < -0.3 is 15.8 Å². The maximum Gasteiger partial charge on any atom is 0.236 e. The molecule has 1 rings (SSSR count). The van der Waals surface area contributed by atoms with Crippen molar-refractivity contribution in [3.63, 3.8) is 0 Å². The Kier molecular flexibility index (Phi) is 10.2. The van der Waals surface area contributed by atoms with Gasteiger partial charge in [0.05, 0.1) is 12.6 Å². The van der Waals surface area contributed by atoms with Gasteiger partial charge in [0.15, 0.2) is 0 Å². The predicted molar refractivity (Wildman–Crippen MR) is 79.5 cm³/mol. The summed E-state index contributed by atoms with van der Waals surface area (Å²) in [7, 11) is 0. The normalized spacial score (nSPS) is 11.5. The number of ether oxygens (including phenoxy) is 1. The van der Waals surface area contributed by atoms with Crippen molar-refractivity contribution in [2.75, 3.05) is 19.8 Å². The third kappa shape index (κ3) is 8.59. The van der Waals surface area contributed by atoms with E-state index in [4.69, 9.17) is 10.5 Å². The molecule has 0 radical (unpaired) electrons. The lowest BCUT2D eigenvalue weighted by atomic mass is 10.2. The summed E-state index contributed by atoms with van der Waals surface area (Å²) in [5, 5.41) is 2.75. The quantitative estimate of drug-likeness (QED) is 0.712. The zero-order valence-corrected chi connectivity index (χ0v) is 12.1. The van der Waals surface area contributed by atoms with Crippen molar-refractivity contribution in [2.24, 2.45) is 5.73 Å². The summed E-state index contributed by atoms with van der Waals surface area (Å²) in [4.78, 5) is 11.1. The van der Waals surface area contributed by atoms with E-state index in [-0.39, 0.29) is 18.3 Å². The number of halogens is 1. The first kappa shape index (κ1) is 17.9. The van der Waals surface area contributed by atoms with E-state index in [1.165, 1.54) is 5.56 Å². The second kappa shape index (κ2) is 10.8. The monoisotopic (exact) mass is 286 g/mol. The van der Waals surface area contributed by atoms with Crippen LogP contribution in [0.3, 0.4) is 0 Å². The number of carbonyl (C=O) groups excluding carboxylic acids is 1. The maximum absolute atomic E-state index is 11.1. The first-order chi connectivity index (χ1) is 8.70. The fraction of sp³-hybridized carbons (Fsp3) is 0.500. The van der Waals surface area contributed by atoms with E-state index in [2.05, 4.69) is 17.4 Å². The van der Waals surface area contributed by atoms with Crippen molar-refractivity contribution in [3.8, 4) is 0 Å². The molecule has 0 spiro atoms. The Labute approximate surface area is 121 Å². The Morgan fingerprint density at radius 1 is 1.32 bits per heavy atom. The summed E-state index contributed by atoms with van der Waals surface area (Å²) in [5.41, 5.74) is 6.70. The average Bonchev–Trinajstić information content (AvgIpc) is 2.38. The highest BCUT2D eigenvalue weighted by Gasteiger charge is 2.04. The summed E-state index contributed by atoms with van der Waals surface area (Å²) in [6.07, 6.45) is 1.74. The molecule has 0 saturated heterocycles. The van der Waals surface area contributed by atoms with Gasteiger partial charge in [0.25, 0.3) is 0 Å². The largest absolute Gasteiger partial charge is 0.381 e. The van der Waals surface area contributed by atoms with Crippen molar-refractivity contribution in [3.05, 3.63) is 35.9 Å². The maximum atomic E-state index is 11.1. The van der Waals surface area contributed by atoms with Crippen LogP contribution in [0, 0.1) is 0 Å². The highest BCUT2D eigenvalue weighted by molar-refractivity contribution is 5.85. The molecule has 0 aliphatic carbocycles. The van der Waals surface area contributed by atoms with Crippen LogP contribution in [0.15, 0.2) is 30.3 Å². The predicted octanol–water partition coefficient (Wildman–Crippen LogP) is 1.52. The minimum Gasteiger partial charge on any atom is -0.381 e. The average molecular weight is 287 g/mol. The van der Waals surface area contributed by atoms with E-state index in [0.29, 0.717) is 19.8 Å². The van der Waals surface area contributed by atoms with Gasteiger partial charge in [0.1, 0.15) is 0 Å². The van der Waals surface area contributed by atoms with Crippen LogP contribution in [0.4, 0.5) is 0 Å². The molecule has 0 unspecified atom stereocenters. The Morgan fingerprint density at radius 2 is 2.00 bits per heavy atom. The van der Waals surface area contributed by atoms with Crippen LogP contribution in [0.2, 0.25) is 0 Å². The standard InChI is InChI=1S/C14H22N2O2.ClH/c1-12(15)14(17)16-9-5-10-18-11-8-13-6-3-2-4-7-13;/h2-4,6-7,12H,5,8-11,15H2,1H3,(H,16,17);1H/t12-;/m0./s1. The number of carbonyl (C=O) groups is 1. The van der Waals surface area contributed by atoms with Crippen molar-refractivity contribution < 1.29 is 9.53 Å². The van der Waals surface area contributed by atoms with Crippen molar-refractivity contribution in [1.82, 2.24) is 5.32 Å². The number of amides is 1. The highest BCUT2D eigenvalue weighted by Crippen LogP contribution is 1.99. The molecule has 0 aliphatic rings. The smallest absolute Gasteiger partial charge is 0.236 e. The third-order valence-electron chi connectivity index (χ3n) is 2.56. The summed E-state index contributed by atoms with van der Waals surface area (Å²) < 4.78 is 5.50. The third-order valence-corrected chi connectivity index (χ3v) is 2.56. The lowest BCUT2D eigenvalue weighted by Crippen LogP contribution is -2.38. The summed E-state index contributed by atoms with van der Waals surface area (Å²) in [6, 6.07) is 9.80. The van der Waals surface area contributed by atoms with Gasteiger partial charge in [-0.2, -0.15) is 0 Å². The SMILES string of the molecule is C[C@H](N)C(=O)NCCCOCCc1ccccc1.Cl. The number of nitrogens with two attached hydrogens (primary N) is 1. The van der Waals surface area contributed by atoms with Crippen LogP contribution >= 0.6 is 12.4 Å². The van der Waals surface area contributed by atoms with E-state index in [9.17, 15) is 4.79 Å². The topological polar surface area (TPSA) is 64.4 Å². The van der Waals surface area contributed by atoms with Gasteiger partial charge in [-0.3, -0.25) is 4.79 Å². The molecule has 108 valence electrons. The van der Waals surface area contributed by atoms with Crippen LogP contribution in [0.25, 0.3) is 0 Å². The van der Waals surface area contributed by atoms with Crippen molar-refractivity contribution in [2.45, 2.75) is 25.8 Å². The number of nitrogens with one attached hydrogen (secondary N) is 1. The molecule has 0 aliphatic heterocycles. The van der Waals surface area contributed by atoms with E-state index in [0.717, 1.165) is 12.8 Å². The molecule has 0 heterocycles. The summed E-state index contributed by atoms with van der Waals surface area (Å²) in [6.45, 7) is 3.66. The second-order valence-corrected chi connectivity index (χ2v) is 4.28. The van der Waals surface area contributed by atoms with Gasteiger partial charge in [0.2, 0.25) is 5.91 Å². The van der Waals surface area contributed by atoms with E-state index in [1.54, 1.807) is 6.92 Å². The fourth-order valence-corrected chi connectivity index (χ4v) is 1.48. The van der Waals surface area contributed by atoms with Crippen LogP contribution in [0.5, 0.6) is 0 Å². The van der Waals surface area contributed by atoms with E-state index in [1.807, 2.05) is 18.2 Å². The van der Waals surface area contributed by atoms with Crippen LogP contribution in [0.1, 0.15) is 18.9 Å². The van der Waals surface area contributed by atoms with Gasteiger partial charge in [-0.25, -0.2) is 0 Å². The van der Waals surface area contributed by atoms with Crippen LogP contribution in [-0.4, -0.2) is 31.7 Å². The molecule has 5 heteroatoms. The molecule has 19 heavy (non-hydrogen) atoms. The lowest BCUT2D eigenvalue weighted by Gasteiger charge is -2.08. The van der Waals surface area contributed by atoms with Gasteiger partial charge >= 0.3 is 0 Å². The molecule has 0 aromatic heterocycles. The zero-order valence-electron chi connectivity index (χ0n) is 11.3. The molecule has 0 saturated carbocycles. The lowest BCUT2D eigenvalue weighted by molar-refractivity contribution is -0.122. The Hall–Kier alpha value is -1.10.